The molecule has 1 aliphatic rings. The minimum absolute atomic E-state index is 0.0527. The Morgan fingerprint density at radius 1 is 1.18 bits per heavy atom. The molecule has 2 rings (SSSR count). The molecule has 0 saturated carbocycles. The van der Waals surface area contributed by atoms with Crippen LogP contribution in [-0.2, 0) is 9.53 Å². The van der Waals surface area contributed by atoms with E-state index in [-0.39, 0.29) is 18.6 Å². The monoisotopic (exact) mass is 306 g/mol. The van der Waals surface area contributed by atoms with E-state index in [9.17, 15) is 9.90 Å². The van der Waals surface area contributed by atoms with Gasteiger partial charge in [0.1, 0.15) is 6.61 Å². The Kier molecular flexibility index (Phi) is 6.36. The zero-order chi connectivity index (χ0) is 15.9. The summed E-state index contributed by atoms with van der Waals surface area (Å²) in [5.74, 6) is 0.0527. The van der Waals surface area contributed by atoms with Crippen molar-refractivity contribution < 1.29 is 14.6 Å². The van der Waals surface area contributed by atoms with Gasteiger partial charge in [0.25, 0.3) is 0 Å². The van der Waals surface area contributed by atoms with Crippen LogP contribution in [0.3, 0.4) is 0 Å². The van der Waals surface area contributed by atoms with Crippen LogP contribution in [0.1, 0.15) is 25.5 Å². The van der Waals surface area contributed by atoms with E-state index < -0.39 is 6.10 Å². The SMILES string of the molecule is CC(C)OCC(=O)N1CCN(C[C@@H](O)c2ccccc2)CC1. The minimum Gasteiger partial charge on any atom is -0.387 e. The lowest BCUT2D eigenvalue weighted by Crippen LogP contribution is -2.50. The van der Waals surface area contributed by atoms with E-state index in [1.807, 2.05) is 49.1 Å². The third-order valence-electron chi connectivity index (χ3n) is 3.88. The molecule has 122 valence electrons. The molecule has 1 saturated heterocycles. The number of hydrogen-bond donors (Lipinski definition) is 1. The molecule has 0 radical (unpaired) electrons. The highest BCUT2D eigenvalue weighted by atomic mass is 16.5. The van der Waals surface area contributed by atoms with Gasteiger partial charge in [0, 0.05) is 32.7 Å². The van der Waals surface area contributed by atoms with Crippen LogP contribution >= 0.6 is 0 Å². The number of ether oxygens (including phenoxy) is 1. The lowest BCUT2D eigenvalue weighted by Gasteiger charge is -2.35. The van der Waals surface area contributed by atoms with Crippen molar-refractivity contribution in [3.8, 4) is 0 Å². The molecule has 1 N–H and O–H groups in total. The smallest absolute Gasteiger partial charge is 0.248 e. The maximum absolute atomic E-state index is 12.0. The quantitative estimate of drug-likeness (QED) is 0.860. The number of amides is 1. The average molecular weight is 306 g/mol. The van der Waals surface area contributed by atoms with Crippen molar-refractivity contribution in [3.63, 3.8) is 0 Å². The van der Waals surface area contributed by atoms with Crippen molar-refractivity contribution in [2.45, 2.75) is 26.1 Å². The molecule has 0 unspecified atom stereocenters. The van der Waals surface area contributed by atoms with Crippen LogP contribution in [0.4, 0.5) is 0 Å². The number of benzene rings is 1. The number of hydrogen-bond acceptors (Lipinski definition) is 4. The van der Waals surface area contributed by atoms with Crippen molar-refractivity contribution in [3.05, 3.63) is 35.9 Å². The number of piperazine rings is 1. The Morgan fingerprint density at radius 2 is 1.82 bits per heavy atom. The summed E-state index contributed by atoms with van der Waals surface area (Å²) < 4.78 is 5.36. The molecule has 1 heterocycles. The zero-order valence-corrected chi connectivity index (χ0v) is 13.4. The average Bonchev–Trinajstić information content (AvgIpc) is 2.54. The molecule has 0 aromatic heterocycles. The molecular formula is C17H26N2O3. The second-order valence-electron chi connectivity index (χ2n) is 5.97. The summed E-state index contributed by atoms with van der Waals surface area (Å²) in [6, 6.07) is 9.69. The highest BCUT2D eigenvalue weighted by Crippen LogP contribution is 2.15. The van der Waals surface area contributed by atoms with Gasteiger partial charge in [0.15, 0.2) is 0 Å². The molecule has 0 aliphatic carbocycles. The first-order valence-corrected chi connectivity index (χ1v) is 7.91. The third kappa shape index (κ3) is 5.09. The Morgan fingerprint density at radius 3 is 2.41 bits per heavy atom. The molecule has 5 heteroatoms. The summed E-state index contributed by atoms with van der Waals surface area (Å²) in [6.07, 6.45) is -0.404. The Labute approximate surface area is 132 Å². The zero-order valence-electron chi connectivity index (χ0n) is 13.4. The van der Waals surface area contributed by atoms with Gasteiger partial charge < -0.3 is 14.7 Å². The minimum atomic E-state index is -0.479. The van der Waals surface area contributed by atoms with Crippen molar-refractivity contribution in [2.24, 2.45) is 0 Å². The maximum Gasteiger partial charge on any atom is 0.248 e. The Hall–Kier alpha value is -1.43. The number of β-amino-alcohol motifs (C(OH)–C–C–N with tert-alkyl or cyclic N) is 1. The highest BCUT2D eigenvalue weighted by Gasteiger charge is 2.23. The van der Waals surface area contributed by atoms with Crippen molar-refractivity contribution in [2.75, 3.05) is 39.3 Å². The van der Waals surface area contributed by atoms with Gasteiger partial charge in [-0.25, -0.2) is 0 Å². The predicted octanol–water partition coefficient (Wildman–Crippen LogP) is 1.29. The fourth-order valence-corrected chi connectivity index (χ4v) is 2.53. The fourth-order valence-electron chi connectivity index (χ4n) is 2.53. The van der Waals surface area contributed by atoms with E-state index in [1.165, 1.54) is 0 Å². The molecule has 1 amide bonds. The molecule has 22 heavy (non-hydrogen) atoms. The van der Waals surface area contributed by atoms with Crippen LogP contribution in [-0.4, -0.2) is 66.2 Å². The highest BCUT2D eigenvalue weighted by molar-refractivity contribution is 5.77. The summed E-state index contributed by atoms with van der Waals surface area (Å²) in [7, 11) is 0. The van der Waals surface area contributed by atoms with Gasteiger partial charge in [-0.1, -0.05) is 30.3 Å². The Balaban J connectivity index is 1.74. The molecule has 0 spiro atoms. The molecule has 1 aromatic rings. The maximum atomic E-state index is 12.0. The van der Waals surface area contributed by atoms with Crippen LogP contribution in [0.15, 0.2) is 30.3 Å². The van der Waals surface area contributed by atoms with E-state index in [1.54, 1.807) is 0 Å². The summed E-state index contributed by atoms with van der Waals surface area (Å²) in [5, 5.41) is 10.3. The number of aliphatic hydroxyl groups is 1. The van der Waals surface area contributed by atoms with Gasteiger partial charge in [-0.2, -0.15) is 0 Å². The second kappa shape index (κ2) is 8.27. The lowest BCUT2D eigenvalue weighted by atomic mass is 10.1. The van der Waals surface area contributed by atoms with Gasteiger partial charge >= 0.3 is 0 Å². The van der Waals surface area contributed by atoms with Gasteiger partial charge in [-0.05, 0) is 19.4 Å². The number of carbonyl (C=O) groups is 1. The van der Waals surface area contributed by atoms with Crippen LogP contribution in [0.2, 0.25) is 0 Å². The number of aliphatic hydroxyl groups excluding tert-OH is 1. The Bertz CT molecular complexity index is 456. The van der Waals surface area contributed by atoms with Crippen LogP contribution in [0.25, 0.3) is 0 Å². The van der Waals surface area contributed by atoms with Crippen molar-refractivity contribution in [1.82, 2.24) is 9.80 Å². The topological polar surface area (TPSA) is 53.0 Å². The molecule has 5 nitrogen and oxygen atoms in total. The summed E-state index contributed by atoms with van der Waals surface area (Å²) in [5.41, 5.74) is 0.936. The molecule has 1 aromatic carbocycles. The van der Waals surface area contributed by atoms with Gasteiger partial charge in [-0.15, -0.1) is 0 Å². The number of rotatable bonds is 6. The van der Waals surface area contributed by atoms with Gasteiger partial charge in [-0.3, -0.25) is 9.69 Å². The van der Waals surface area contributed by atoms with E-state index in [2.05, 4.69) is 4.90 Å². The second-order valence-corrected chi connectivity index (χ2v) is 5.97. The van der Waals surface area contributed by atoms with Gasteiger partial charge in [0.05, 0.1) is 12.2 Å². The van der Waals surface area contributed by atoms with E-state index >= 15 is 0 Å². The lowest BCUT2D eigenvalue weighted by molar-refractivity contribution is -0.139. The van der Waals surface area contributed by atoms with Crippen LogP contribution in [0, 0.1) is 0 Å². The van der Waals surface area contributed by atoms with Crippen molar-refractivity contribution in [1.29, 1.82) is 0 Å². The first kappa shape index (κ1) is 16.9. The largest absolute Gasteiger partial charge is 0.387 e. The summed E-state index contributed by atoms with van der Waals surface area (Å²) >= 11 is 0. The molecule has 1 atom stereocenters. The normalized spacial score (nSPS) is 17.7. The third-order valence-corrected chi connectivity index (χ3v) is 3.88. The molecule has 0 bridgehead atoms. The predicted molar refractivity (Wildman–Crippen MR) is 85.5 cm³/mol. The standard InChI is InChI=1S/C17H26N2O3/c1-14(2)22-13-17(21)19-10-8-18(9-11-19)12-16(20)15-6-4-3-5-7-15/h3-7,14,16,20H,8-13H2,1-2H3/t16-/m1/s1. The number of carbonyl (C=O) groups excluding carboxylic acids is 1. The first-order valence-electron chi connectivity index (χ1n) is 7.91. The van der Waals surface area contributed by atoms with Crippen LogP contribution in [0.5, 0.6) is 0 Å². The van der Waals surface area contributed by atoms with Crippen LogP contribution < -0.4 is 0 Å². The van der Waals surface area contributed by atoms with E-state index in [0.29, 0.717) is 19.6 Å². The molecule has 1 fully saturated rings. The van der Waals surface area contributed by atoms with E-state index in [4.69, 9.17) is 4.74 Å². The number of nitrogens with zero attached hydrogens (tertiary/aromatic N) is 2. The molecule has 1 aliphatic heterocycles. The van der Waals surface area contributed by atoms with Gasteiger partial charge in [0.2, 0.25) is 5.91 Å². The fraction of sp³-hybridized carbons (Fsp3) is 0.588. The summed E-state index contributed by atoms with van der Waals surface area (Å²) in [4.78, 5) is 16.0. The van der Waals surface area contributed by atoms with E-state index in [0.717, 1.165) is 18.7 Å². The first-order chi connectivity index (χ1) is 10.6. The van der Waals surface area contributed by atoms with Crippen molar-refractivity contribution >= 4 is 5.91 Å². The molecular weight excluding hydrogens is 280 g/mol. The summed E-state index contributed by atoms with van der Waals surface area (Å²) in [6.45, 7) is 7.59.